The molecule has 0 aliphatic carbocycles. The molecule has 0 aromatic heterocycles. The predicted molar refractivity (Wildman–Crippen MR) is 77.2 cm³/mol. The summed E-state index contributed by atoms with van der Waals surface area (Å²) in [5.74, 6) is 1.56. The van der Waals surface area contributed by atoms with Crippen LogP contribution in [0.25, 0.3) is 0 Å². The molecule has 0 radical (unpaired) electrons. The highest BCUT2D eigenvalue weighted by Crippen LogP contribution is 2.27. The zero-order valence-corrected chi connectivity index (χ0v) is 11.9. The zero-order valence-electron chi connectivity index (χ0n) is 11.9. The van der Waals surface area contributed by atoms with Crippen molar-refractivity contribution in [3.05, 3.63) is 42.0 Å². The Bertz CT molecular complexity index is 371. The van der Waals surface area contributed by atoms with E-state index in [0.29, 0.717) is 5.92 Å². The van der Waals surface area contributed by atoms with Crippen molar-refractivity contribution in [2.24, 2.45) is 0 Å². The van der Waals surface area contributed by atoms with Crippen molar-refractivity contribution < 1.29 is 10.1 Å². The second-order valence-corrected chi connectivity index (χ2v) is 5.00. The van der Waals surface area contributed by atoms with E-state index in [9.17, 15) is 0 Å². The maximum atomic E-state index is 5.91. The van der Waals surface area contributed by atoms with Crippen molar-refractivity contribution in [1.82, 2.24) is 0 Å². The molecule has 0 atom stereocenters. The Morgan fingerprint density at radius 1 is 1.39 bits per heavy atom. The number of quaternary nitrogens is 1. The van der Waals surface area contributed by atoms with Gasteiger partial charge < -0.3 is 10.1 Å². The summed E-state index contributed by atoms with van der Waals surface area (Å²) in [4.78, 5) is 0. The molecule has 100 valence electrons. The van der Waals surface area contributed by atoms with Gasteiger partial charge in [0.15, 0.2) is 0 Å². The van der Waals surface area contributed by atoms with E-state index in [4.69, 9.17) is 4.74 Å². The highest BCUT2D eigenvalue weighted by Gasteiger charge is 2.07. The predicted octanol–water partition coefficient (Wildman–Crippen LogP) is 2.64. The van der Waals surface area contributed by atoms with Crippen LogP contribution in [-0.4, -0.2) is 19.7 Å². The Kier molecular flexibility index (Phi) is 6.51. The molecule has 0 amide bonds. The summed E-state index contributed by atoms with van der Waals surface area (Å²) in [6.45, 7) is 13.1. The average Bonchev–Trinajstić information content (AvgIpc) is 2.33. The van der Waals surface area contributed by atoms with E-state index in [-0.39, 0.29) is 0 Å². The number of aryl methyl sites for hydroxylation is 1. The molecular weight excluding hydrogens is 222 g/mol. The van der Waals surface area contributed by atoms with Crippen molar-refractivity contribution in [3.63, 3.8) is 0 Å². The number of ether oxygens (including phenoxy) is 1. The largest absolute Gasteiger partial charge is 0.493 e. The maximum Gasteiger partial charge on any atom is 0.123 e. The Morgan fingerprint density at radius 3 is 2.83 bits per heavy atom. The highest BCUT2D eigenvalue weighted by molar-refractivity contribution is 5.39. The molecule has 2 nitrogen and oxygen atoms in total. The number of hydrogen-bond donors (Lipinski definition) is 1. The molecule has 0 heterocycles. The van der Waals surface area contributed by atoms with Gasteiger partial charge in [-0.1, -0.05) is 32.6 Å². The summed E-state index contributed by atoms with van der Waals surface area (Å²) >= 11 is 0. The lowest BCUT2D eigenvalue weighted by atomic mass is 10.0. The molecule has 0 aliphatic heterocycles. The molecule has 18 heavy (non-hydrogen) atoms. The third kappa shape index (κ3) is 4.92. The van der Waals surface area contributed by atoms with Gasteiger partial charge in [0, 0.05) is 6.42 Å². The van der Waals surface area contributed by atoms with Gasteiger partial charge in [0.1, 0.15) is 5.75 Å². The normalized spacial score (nSPS) is 10.7. The molecule has 0 aliphatic rings. The van der Waals surface area contributed by atoms with E-state index < -0.39 is 0 Å². The zero-order chi connectivity index (χ0) is 13.4. The average molecular weight is 248 g/mol. The molecule has 2 N–H and O–H groups in total. The number of benzene rings is 1. The fourth-order valence-electron chi connectivity index (χ4n) is 1.89. The van der Waals surface area contributed by atoms with Gasteiger partial charge in [0.25, 0.3) is 0 Å². The quantitative estimate of drug-likeness (QED) is 0.555. The number of rotatable bonds is 8. The Balaban J connectivity index is 2.45. The molecule has 0 saturated carbocycles. The van der Waals surface area contributed by atoms with E-state index in [1.807, 2.05) is 6.08 Å². The van der Waals surface area contributed by atoms with E-state index in [1.165, 1.54) is 11.1 Å². The molecule has 0 spiro atoms. The fourth-order valence-corrected chi connectivity index (χ4v) is 1.89. The van der Waals surface area contributed by atoms with E-state index in [1.54, 1.807) is 0 Å². The summed E-state index contributed by atoms with van der Waals surface area (Å²) in [5, 5.41) is 2.25. The Hall–Kier alpha value is -1.28. The minimum Gasteiger partial charge on any atom is -0.493 e. The molecule has 0 fully saturated rings. The van der Waals surface area contributed by atoms with Crippen LogP contribution in [0.1, 0.15) is 37.3 Å². The topological polar surface area (TPSA) is 25.8 Å². The summed E-state index contributed by atoms with van der Waals surface area (Å²) < 4.78 is 5.91. The smallest absolute Gasteiger partial charge is 0.123 e. The number of hydrogen-bond acceptors (Lipinski definition) is 1. The summed E-state index contributed by atoms with van der Waals surface area (Å²) in [6.07, 6.45) is 3.00. The van der Waals surface area contributed by atoms with Gasteiger partial charge in [-0.25, -0.2) is 0 Å². The van der Waals surface area contributed by atoms with Crippen molar-refractivity contribution in [3.8, 4) is 5.75 Å². The Morgan fingerprint density at radius 2 is 2.17 bits per heavy atom. The van der Waals surface area contributed by atoms with Gasteiger partial charge in [0.05, 0.1) is 19.7 Å². The van der Waals surface area contributed by atoms with Gasteiger partial charge >= 0.3 is 0 Å². The van der Waals surface area contributed by atoms with Crippen LogP contribution in [0.3, 0.4) is 0 Å². The van der Waals surface area contributed by atoms with Crippen LogP contribution in [0.15, 0.2) is 30.9 Å². The van der Waals surface area contributed by atoms with Gasteiger partial charge in [-0.05, 0) is 36.1 Å². The van der Waals surface area contributed by atoms with Gasteiger partial charge in [-0.15, -0.1) is 0 Å². The molecule has 0 saturated heterocycles. The lowest BCUT2D eigenvalue weighted by Gasteiger charge is -2.14. The van der Waals surface area contributed by atoms with Gasteiger partial charge in [-0.3, -0.25) is 0 Å². The van der Waals surface area contributed by atoms with Crippen molar-refractivity contribution in [2.75, 3.05) is 19.7 Å². The third-order valence-corrected chi connectivity index (χ3v) is 2.93. The van der Waals surface area contributed by atoms with Crippen LogP contribution in [0.2, 0.25) is 0 Å². The summed E-state index contributed by atoms with van der Waals surface area (Å²) in [5.41, 5.74) is 2.56. The summed E-state index contributed by atoms with van der Waals surface area (Å²) in [7, 11) is 0. The molecule has 0 bridgehead atoms. The lowest BCUT2D eigenvalue weighted by Crippen LogP contribution is -2.84. The first-order valence-electron chi connectivity index (χ1n) is 6.81. The minimum atomic E-state index is 0.507. The Labute approximate surface area is 111 Å². The second kappa shape index (κ2) is 7.93. The number of nitrogens with two attached hydrogens (primary N) is 1. The maximum absolute atomic E-state index is 5.91. The van der Waals surface area contributed by atoms with Gasteiger partial charge in [0.2, 0.25) is 0 Å². The van der Waals surface area contributed by atoms with E-state index in [0.717, 1.165) is 31.9 Å². The third-order valence-electron chi connectivity index (χ3n) is 2.93. The highest BCUT2D eigenvalue weighted by atomic mass is 16.5. The first-order valence-corrected chi connectivity index (χ1v) is 6.81. The van der Waals surface area contributed by atoms with Crippen LogP contribution >= 0.6 is 0 Å². The van der Waals surface area contributed by atoms with Crippen molar-refractivity contribution in [2.45, 2.75) is 33.1 Å². The molecule has 1 aromatic rings. The van der Waals surface area contributed by atoms with Crippen LogP contribution < -0.4 is 10.1 Å². The van der Waals surface area contributed by atoms with Crippen LogP contribution in [0, 0.1) is 6.92 Å². The summed E-state index contributed by atoms with van der Waals surface area (Å²) in [6, 6.07) is 6.47. The van der Waals surface area contributed by atoms with Crippen LogP contribution in [0.4, 0.5) is 0 Å². The first-order chi connectivity index (χ1) is 8.65. The standard InChI is InChI=1S/C16H25NO/c1-5-9-17-10-6-11-18-16-12-14(4)7-8-15(16)13(2)3/h5,7-8,12-13,17H,1,6,9-11H2,2-4H3/p+1. The van der Waals surface area contributed by atoms with Gasteiger partial charge in [-0.2, -0.15) is 0 Å². The fraction of sp³-hybridized carbons (Fsp3) is 0.500. The first kappa shape index (κ1) is 14.8. The lowest BCUT2D eigenvalue weighted by molar-refractivity contribution is -0.646. The van der Waals surface area contributed by atoms with Crippen LogP contribution in [-0.2, 0) is 0 Å². The molecule has 2 heteroatoms. The molecule has 1 rings (SSSR count). The van der Waals surface area contributed by atoms with Crippen molar-refractivity contribution in [1.29, 1.82) is 0 Å². The van der Waals surface area contributed by atoms with E-state index in [2.05, 4.69) is 50.9 Å². The van der Waals surface area contributed by atoms with Crippen molar-refractivity contribution >= 4 is 0 Å². The SMILES string of the molecule is C=CC[NH2+]CCCOc1cc(C)ccc1C(C)C. The molecule has 0 unspecified atom stereocenters. The molecular formula is C16H26NO+. The molecule has 1 aromatic carbocycles. The minimum absolute atomic E-state index is 0.507. The monoisotopic (exact) mass is 248 g/mol. The second-order valence-electron chi connectivity index (χ2n) is 5.00. The van der Waals surface area contributed by atoms with E-state index >= 15 is 0 Å². The van der Waals surface area contributed by atoms with Crippen LogP contribution in [0.5, 0.6) is 5.75 Å².